The van der Waals surface area contributed by atoms with Crippen LogP contribution in [0.2, 0.25) is 5.02 Å². The van der Waals surface area contributed by atoms with E-state index in [9.17, 15) is 31.5 Å². The number of nitrogens with zero attached hydrogens (tertiary/aromatic N) is 4. The maximum Gasteiger partial charge on any atom is 0.416 e. The highest BCUT2D eigenvalue weighted by atomic mass is 35.5. The first-order chi connectivity index (χ1) is 17.2. The van der Waals surface area contributed by atoms with Crippen LogP contribution in [0.4, 0.5) is 32.0 Å². The molecule has 1 unspecified atom stereocenters. The fourth-order valence-corrected chi connectivity index (χ4v) is 4.37. The van der Waals surface area contributed by atoms with Gasteiger partial charge in [0.2, 0.25) is 0 Å². The molecule has 0 saturated carbocycles. The fraction of sp³-hybridized carbons (Fsp3) is 0.458. The maximum atomic E-state index is 13.4. The van der Waals surface area contributed by atoms with Gasteiger partial charge < -0.3 is 4.90 Å². The van der Waals surface area contributed by atoms with Crippen molar-refractivity contribution < 1.29 is 36.4 Å². The number of halogens is 7. The molecular formula is C24H27ClF6N4O2. The Morgan fingerprint density at radius 1 is 1.11 bits per heavy atom. The average molecular weight is 553 g/mol. The van der Waals surface area contributed by atoms with E-state index in [4.69, 9.17) is 16.4 Å². The van der Waals surface area contributed by atoms with E-state index in [1.54, 1.807) is 36.9 Å². The van der Waals surface area contributed by atoms with Crippen LogP contribution >= 0.6 is 11.6 Å². The van der Waals surface area contributed by atoms with Gasteiger partial charge in [-0.3, -0.25) is 20.0 Å². The Bertz CT molecular complexity index is 1080. The van der Waals surface area contributed by atoms with Gasteiger partial charge in [0.15, 0.2) is 0 Å². The summed E-state index contributed by atoms with van der Waals surface area (Å²) >= 11 is 6.22. The molecule has 0 aliphatic carbocycles. The van der Waals surface area contributed by atoms with Gasteiger partial charge in [-0.1, -0.05) is 17.7 Å². The second-order valence-corrected chi connectivity index (χ2v) is 9.29. The molecule has 6 nitrogen and oxygen atoms in total. The SMILES string of the molecule is CN=CN(Cc1cc(C(F)(F)F)cc(C(F)(F)F)c1)C1CCCN(N(O)OC(C)C)c2cc(Cl)ccc21. The number of benzene rings is 2. The number of hydrogen-bond donors (Lipinski definition) is 1. The van der Waals surface area contributed by atoms with Crippen LogP contribution in [-0.2, 0) is 23.7 Å². The molecule has 13 heteroatoms. The molecule has 1 atom stereocenters. The van der Waals surface area contributed by atoms with Crippen molar-refractivity contribution in [2.75, 3.05) is 18.6 Å². The van der Waals surface area contributed by atoms with Crippen LogP contribution in [0.5, 0.6) is 0 Å². The Labute approximate surface area is 215 Å². The number of anilines is 1. The summed E-state index contributed by atoms with van der Waals surface area (Å²) in [5.74, 6) is 0. The molecule has 204 valence electrons. The van der Waals surface area contributed by atoms with Crippen LogP contribution in [0.15, 0.2) is 41.4 Å². The molecule has 0 radical (unpaired) electrons. The lowest BCUT2D eigenvalue weighted by atomic mass is 9.98. The summed E-state index contributed by atoms with van der Waals surface area (Å²) in [5.41, 5.74) is -1.83. The predicted molar refractivity (Wildman–Crippen MR) is 127 cm³/mol. The number of alkyl halides is 6. The van der Waals surface area contributed by atoms with Gasteiger partial charge in [-0.15, -0.1) is 0 Å². The predicted octanol–water partition coefficient (Wildman–Crippen LogP) is 7.13. The lowest BCUT2D eigenvalue weighted by Gasteiger charge is -2.33. The third-order valence-electron chi connectivity index (χ3n) is 5.67. The molecule has 0 amide bonds. The van der Waals surface area contributed by atoms with E-state index < -0.39 is 29.5 Å². The molecule has 1 N–H and O–H groups in total. The van der Waals surface area contributed by atoms with Crippen molar-refractivity contribution in [3.8, 4) is 0 Å². The summed E-state index contributed by atoms with van der Waals surface area (Å²) in [6.07, 6.45) is -7.91. The number of hydrogen-bond acceptors (Lipinski definition) is 5. The molecule has 0 aromatic heterocycles. The maximum absolute atomic E-state index is 13.4. The van der Waals surface area contributed by atoms with Gasteiger partial charge in [0.05, 0.1) is 35.3 Å². The highest BCUT2D eigenvalue weighted by molar-refractivity contribution is 6.30. The Morgan fingerprint density at radius 2 is 1.73 bits per heavy atom. The van der Waals surface area contributed by atoms with Crippen molar-refractivity contribution >= 4 is 23.6 Å². The van der Waals surface area contributed by atoms with Gasteiger partial charge in [-0.2, -0.15) is 26.3 Å². The van der Waals surface area contributed by atoms with Crippen LogP contribution in [0, 0.1) is 0 Å². The molecule has 2 aromatic carbocycles. The molecule has 0 fully saturated rings. The van der Waals surface area contributed by atoms with Gasteiger partial charge in [-0.05, 0) is 68.1 Å². The monoisotopic (exact) mass is 552 g/mol. The second kappa shape index (κ2) is 11.5. The molecule has 0 bridgehead atoms. The van der Waals surface area contributed by atoms with Crippen molar-refractivity contribution in [2.45, 2.75) is 57.7 Å². The zero-order valence-electron chi connectivity index (χ0n) is 20.3. The van der Waals surface area contributed by atoms with Crippen molar-refractivity contribution in [1.82, 2.24) is 10.2 Å². The van der Waals surface area contributed by atoms with Crippen LogP contribution in [-0.4, -0.2) is 41.5 Å². The van der Waals surface area contributed by atoms with E-state index in [-0.39, 0.29) is 24.3 Å². The molecule has 0 saturated heterocycles. The lowest BCUT2D eigenvalue weighted by molar-refractivity contribution is -0.362. The number of fused-ring (bicyclic) bond motifs is 1. The Kier molecular flexibility index (Phi) is 8.99. The minimum atomic E-state index is -4.95. The van der Waals surface area contributed by atoms with Crippen molar-refractivity contribution in [3.63, 3.8) is 0 Å². The normalized spacial score (nSPS) is 17.0. The third kappa shape index (κ3) is 7.28. The van der Waals surface area contributed by atoms with Crippen LogP contribution in [0.3, 0.4) is 0 Å². The molecule has 37 heavy (non-hydrogen) atoms. The standard InChI is InChI=1S/C24H27ClF6N4O2/c1-15(2)37-35(36)34-8-4-5-21(20-7-6-19(25)12-22(20)34)33(14-32-3)13-16-9-17(23(26,27)28)11-18(10-16)24(29,30)31/h6-7,9-12,14-15,21,36H,4-5,8,13H2,1-3H3. The van der Waals surface area contributed by atoms with Crippen LogP contribution in [0.1, 0.15) is 55.0 Å². The summed E-state index contributed by atoms with van der Waals surface area (Å²) in [5, 5.41) is 13.0. The molecule has 1 heterocycles. The van der Waals surface area contributed by atoms with Gasteiger partial charge >= 0.3 is 12.4 Å². The molecule has 1 aliphatic rings. The fourth-order valence-electron chi connectivity index (χ4n) is 4.20. The topological polar surface area (TPSA) is 51.5 Å². The minimum Gasteiger partial charge on any atom is -0.352 e. The zero-order valence-corrected chi connectivity index (χ0v) is 21.1. The number of aliphatic imine (C=N–C) groups is 1. The Hall–Kier alpha value is -2.54. The molecule has 1 aliphatic heterocycles. The van der Waals surface area contributed by atoms with Gasteiger partial charge in [-0.25, -0.2) is 0 Å². The molecular weight excluding hydrogens is 526 g/mol. The number of rotatable bonds is 7. The van der Waals surface area contributed by atoms with E-state index in [0.717, 1.165) is 0 Å². The molecule has 2 aromatic rings. The van der Waals surface area contributed by atoms with Gasteiger partial charge in [0, 0.05) is 30.5 Å². The second-order valence-electron chi connectivity index (χ2n) is 8.85. The highest BCUT2D eigenvalue weighted by Gasteiger charge is 2.37. The first-order valence-corrected chi connectivity index (χ1v) is 11.8. The third-order valence-corrected chi connectivity index (χ3v) is 5.90. The smallest absolute Gasteiger partial charge is 0.352 e. The molecule has 0 spiro atoms. The summed E-state index contributed by atoms with van der Waals surface area (Å²) in [6, 6.07) is 5.95. The van der Waals surface area contributed by atoms with Crippen LogP contribution < -0.4 is 5.01 Å². The summed E-state index contributed by atoms with van der Waals surface area (Å²) in [4.78, 5) is 11.0. The summed E-state index contributed by atoms with van der Waals surface area (Å²) in [6.45, 7) is 3.49. The van der Waals surface area contributed by atoms with Crippen molar-refractivity contribution in [1.29, 1.82) is 0 Å². The average Bonchev–Trinajstić information content (AvgIpc) is 2.96. The molecule has 3 rings (SSSR count). The minimum absolute atomic E-state index is 0.104. The Morgan fingerprint density at radius 3 is 2.27 bits per heavy atom. The largest absolute Gasteiger partial charge is 0.416 e. The van der Waals surface area contributed by atoms with E-state index in [0.29, 0.717) is 53.1 Å². The first-order valence-electron chi connectivity index (χ1n) is 11.4. The van der Waals surface area contributed by atoms with E-state index in [2.05, 4.69) is 4.99 Å². The highest BCUT2D eigenvalue weighted by Crippen LogP contribution is 2.40. The van der Waals surface area contributed by atoms with Gasteiger partial charge in [0.1, 0.15) is 0 Å². The summed E-state index contributed by atoms with van der Waals surface area (Å²) < 4.78 is 80.5. The van der Waals surface area contributed by atoms with E-state index in [1.165, 1.54) is 18.4 Å². The zero-order chi connectivity index (χ0) is 27.5. The number of hydrazine groups is 1. The van der Waals surface area contributed by atoms with Crippen LogP contribution in [0.25, 0.3) is 0 Å². The van der Waals surface area contributed by atoms with Gasteiger partial charge in [0.25, 0.3) is 0 Å². The first kappa shape index (κ1) is 29.0. The van der Waals surface area contributed by atoms with Crippen molar-refractivity contribution in [3.05, 3.63) is 63.7 Å². The van der Waals surface area contributed by atoms with Crippen molar-refractivity contribution in [2.24, 2.45) is 4.99 Å². The quantitative estimate of drug-likeness (QED) is 0.171. The van der Waals surface area contributed by atoms with E-state index >= 15 is 0 Å². The Balaban J connectivity index is 2.06. The summed E-state index contributed by atoms with van der Waals surface area (Å²) in [7, 11) is 1.46. The lowest BCUT2D eigenvalue weighted by Crippen LogP contribution is -2.42. The van der Waals surface area contributed by atoms with E-state index in [1.807, 2.05) is 0 Å².